The standard InChI is InChI=1S/C12H13BrN4O2/c1-8(18)9-6-17-7-10(13)15-12(11(17)14-9)16-2-4-19-5-3-16/h6-7H,2-5H2,1H3. The summed E-state index contributed by atoms with van der Waals surface area (Å²) in [5.74, 6) is 0.734. The molecule has 0 radical (unpaired) electrons. The molecule has 100 valence electrons. The Labute approximate surface area is 118 Å². The van der Waals surface area contributed by atoms with Gasteiger partial charge in [-0.2, -0.15) is 0 Å². The number of aromatic nitrogens is 3. The minimum Gasteiger partial charge on any atom is -0.378 e. The molecule has 7 heteroatoms. The number of fused-ring (bicyclic) bond motifs is 1. The minimum atomic E-state index is -0.0484. The Hall–Kier alpha value is -1.47. The number of carbonyl (C=O) groups is 1. The summed E-state index contributed by atoms with van der Waals surface area (Å²) in [5.41, 5.74) is 1.16. The van der Waals surface area contributed by atoms with Crippen LogP contribution in [0.2, 0.25) is 0 Å². The second-order valence-electron chi connectivity index (χ2n) is 4.40. The number of hydrogen-bond donors (Lipinski definition) is 0. The molecule has 19 heavy (non-hydrogen) atoms. The molecule has 2 aromatic heterocycles. The van der Waals surface area contributed by atoms with E-state index in [2.05, 4.69) is 30.8 Å². The maximum atomic E-state index is 11.4. The van der Waals surface area contributed by atoms with Crippen LogP contribution in [-0.4, -0.2) is 46.5 Å². The summed E-state index contributed by atoms with van der Waals surface area (Å²) in [7, 11) is 0. The number of ether oxygens (including phenoxy) is 1. The molecule has 0 atom stereocenters. The molecular weight excluding hydrogens is 312 g/mol. The number of imidazole rings is 1. The average Bonchev–Trinajstić information content (AvgIpc) is 2.82. The van der Waals surface area contributed by atoms with Crippen LogP contribution in [0.1, 0.15) is 17.4 Å². The SMILES string of the molecule is CC(=O)c1cn2cc(Br)nc(N3CCOCC3)c2n1. The topological polar surface area (TPSA) is 59.7 Å². The van der Waals surface area contributed by atoms with Gasteiger partial charge in [-0.25, -0.2) is 9.97 Å². The molecule has 3 heterocycles. The van der Waals surface area contributed by atoms with E-state index in [9.17, 15) is 4.79 Å². The van der Waals surface area contributed by atoms with Crippen molar-refractivity contribution in [3.8, 4) is 0 Å². The van der Waals surface area contributed by atoms with Crippen molar-refractivity contribution in [3.05, 3.63) is 22.7 Å². The molecule has 1 saturated heterocycles. The van der Waals surface area contributed by atoms with Crippen LogP contribution in [0.5, 0.6) is 0 Å². The van der Waals surface area contributed by atoms with Gasteiger partial charge in [0, 0.05) is 32.4 Å². The largest absolute Gasteiger partial charge is 0.378 e. The third-order valence-corrected chi connectivity index (χ3v) is 3.44. The molecule has 0 aromatic carbocycles. The first-order valence-corrected chi connectivity index (χ1v) is 6.83. The Bertz CT molecular complexity index is 634. The van der Waals surface area contributed by atoms with Crippen LogP contribution in [0, 0.1) is 0 Å². The first kappa shape index (κ1) is 12.6. The van der Waals surface area contributed by atoms with Gasteiger partial charge < -0.3 is 14.0 Å². The van der Waals surface area contributed by atoms with Crippen molar-refractivity contribution in [2.45, 2.75) is 6.92 Å². The number of nitrogens with zero attached hydrogens (tertiary/aromatic N) is 4. The molecule has 3 rings (SSSR count). The highest BCUT2D eigenvalue weighted by atomic mass is 79.9. The number of morpholine rings is 1. The van der Waals surface area contributed by atoms with Crippen molar-refractivity contribution in [2.24, 2.45) is 0 Å². The minimum absolute atomic E-state index is 0.0484. The molecule has 0 saturated carbocycles. The predicted octanol–water partition coefficient (Wildman–Crippen LogP) is 1.53. The summed E-state index contributed by atoms with van der Waals surface area (Å²) < 4.78 is 7.89. The lowest BCUT2D eigenvalue weighted by Gasteiger charge is -2.27. The highest BCUT2D eigenvalue weighted by Crippen LogP contribution is 2.23. The number of ketones is 1. The molecule has 0 bridgehead atoms. The number of anilines is 1. The predicted molar refractivity (Wildman–Crippen MR) is 73.7 cm³/mol. The third-order valence-electron chi connectivity index (χ3n) is 3.06. The fraction of sp³-hybridized carbons (Fsp3) is 0.417. The van der Waals surface area contributed by atoms with Gasteiger partial charge in [-0.3, -0.25) is 4.79 Å². The quantitative estimate of drug-likeness (QED) is 0.784. The van der Waals surface area contributed by atoms with Gasteiger partial charge in [0.15, 0.2) is 17.2 Å². The molecule has 6 nitrogen and oxygen atoms in total. The van der Waals surface area contributed by atoms with E-state index in [1.807, 2.05) is 4.40 Å². The lowest BCUT2D eigenvalue weighted by atomic mass is 10.3. The van der Waals surface area contributed by atoms with Gasteiger partial charge in [0.1, 0.15) is 10.3 Å². The van der Waals surface area contributed by atoms with Crippen LogP contribution in [0.3, 0.4) is 0 Å². The number of rotatable bonds is 2. The van der Waals surface area contributed by atoms with E-state index in [0.717, 1.165) is 18.9 Å². The second kappa shape index (κ2) is 4.90. The Kier molecular flexibility index (Phi) is 3.24. The smallest absolute Gasteiger partial charge is 0.181 e. The monoisotopic (exact) mass is 324 g/mol. The number of Topliss-reactive ketones (excluding diaryl/α,β-unsaturated/α-hetero) is 1. The molecular formula is C12H13BrN4O2. The Morgan fingerprint density at radius 1 is 1.32 bits per heavy atom. The van der Waals surface area contributed by atoms with Crippen LogP contribution in [0.4, 0.5) is 5.82 Å². The molecule has 0 N–H and O–H groups in total. The van der Waals surface area contributed by atoms with E-state index in [1.165, 1.54) is 6.92 Å². The Morgan fingerprint density at radius 3 is 2.74 bits per heavy atom. The van der Waals surface area contributed by atoms with Crippen LogP contribution in [0.25, 0.3) is 5.65 Å². The second-order valence-corrected chi connectivity index (χ2v) is 5.21. The van der Waals surface area contributed by atoms with E-state index in [-0.39, 0.29) is 5.78 Å². The van der Waals surface area contributed by atoms with Crippen molar-refractivity contribution in [3.63, 3.8) is 0 Å². The zero-order chi connectivity index (χ0) is 13.4. The van der Waals surface area contributed by atoms with Gasteiger partial charge >= 0.3 is 0 Å². The molecule has 0 aliphatic carbocycles. The van der Waals surface area contributed by atoms with E-state index in [4.69, 9.17) is 4.74 Å². The normalized spacial score (nSPS) is 16.0. The summed E-state index contributed by atoms with van der Waals surface area (Å²) in [6, 6.07) is 0. The highest BCUT2D eigenvalue weighted by Gasteiger charge is 2.19. The van der Waals surface area contributed by atoms with Crippen LogP contribution in [0.15, 0.2) is 17.0 Å². The van der Waals surface area contributed by atoms with Gasteiger partial charge in [-0.15, -0.1) is 0 Å². The van der Waals surface area contributed by atoms with E-state index >= 15 is 0 Å². The van der Waals surface area contributed by atoms with E-state index in [0.29, 0.717) is 29.2 Å². The number of hydrogen-bond acceptors (Lipinski definition) is 5. The molecule has 0 unspecified atom stereocenters. The lowest BCUT2D eigenvalue weighted by Crippen LogP contribution is -2.37. The summed E-state index contributed by atoms with van der Waals surface area (Å²) in [6.45, 7) is 4.43. The van der Waals surface area contributed by atoms with Gasteiger partial charge in [0.2, 0.25) is 0 Å². The van der Waals surface area contributed by atoms with Gasteiger partial charge in [0.25, 0.3) is 0 Å². The van der Waals surface area contributed by atoms with Gasteiger partial charge in [0.05, 0.1) is 13.2 Å². The summed E-state index contributed by atoms with van der Waals surface area (Å²) in [4.78, 5) is 22.4. The van der Waals surface area contributed by atoms with Crippen molar-refractivity contribution in [1.82, 2.24) is 14.4 Å². The Morgan fingerprint density at radius 2 is 2.05 bits per heavy atom. The molecule has 2 aromatic rings. The fourth-order valence-corrected chi connectivity index (χ4v) is 2.50. The van der Waals surface area contributed by atoms with E-state index in [1.54, 1.807) is 12.4 Å². The third kappa shape index (κ3) is 2.35. The van der Waals surface area contributed by atoms with Crippen molar-refractivity contribution >= 4 is 33.2 Å². The highest BCUT2D eigenvalue weighted by molar-refractivity contribution is 9.10. The molecule has 0 amide bonds. The maximum absolute atomic E-state index is 11.4. The molecule has 0 spiro atoms. The summed E-state index contributed by atoms with van der Waals surface area (Å²) in [6.07, 6.45) is 3.53. The molecule has 1 aliphatic rings. The number of carbonyl (C=O) groups excluding carboxylic acids is 1. The van der Waals surface area contributed by atoms with Crippen molar-refractivity contribution in [2.75, 3.05) is 31.2 Å². The number of halogens is 1. The van der Waals surface area contributed by atoms with Crippen LogP contribution < -0.4 is 4.90 Å². The zero-order valence-electron chi connectivity index (χ0n) is 10.5. The maximum Gasteiger partial charge on any atom is 0.181 e. The van der Waals surface area contributed by atoms with Crippen LogP contribution >= 0.6 is 15.9 Å². The van der Waals surface area contributed by atoms with Gasteiger partial charge in [-0.1, -0.05) is 0 Å². The average molecular weight is 325 g/mol. The van der Waals surface area contributed by atoms with Gasteiger partial charge in [-0.05, 0) is 15.9 Å². The summed E-state index contributed by atoms with van der Waals surface area (Å²) >= 11 is 3.39. The fourth-order valence-electron chi connectivity index (χ4n) is 2.11. The lowest BCUT2D eigenvalue weighted by molar-refractivity contribution is 0.101. The molecule has 1 fully saturated rings. The first-order chi connectivity index (χ1) is 9.15. The van der Waals surface area contributed by atoms with Crippen molar-refractivity contribution in [1.29, 1.82) is 0 Å². The van der Waals surface area contributed by atoms with E-state index < -0.39 is 0 Å². The summed E-state index contributed by atoms with van der Waals surface area (Å²) in [5, 5.41) is 0. The first-order valence-electron chi connectivity index (χ1n) is 6.04. The molecule has 1 aliphatic heterocycles. The Balaban J connectivity index is 2.13. The van der Waals surface area contributed by atoms with Crippen molar-refractivity contribution < 1.29 is 9.53 Å². The van der Waals surface area contributed by atoms with Crippen LogP contribution in [-0.2, 0) is 4.74 Å². The zero-order valence-corrected chi connectivity index (χ0v) is 12.1.